The van der Waals surface area contributed by atoms with Crippen LogP contribution in [0.2, 0.25) is 0 Å². The molecule has 11 rings (SSSR count). The third-order valence-electron chi connectivity index (χ3n) is 15.9. The Bertz CT molecular complexity index is 3200. The van der Waals surface area contributed by atoms with Gasteiger partial charge in [0, 0.05) is 39.9 Å². The molecule has 0 radical (unpaired) electrons. The van der Waals surface area contributed by atoms with Crippen LogP contribution in [0.15, 0.2) is 134 Å². The van der Waals surface area contributed by atoms with Crippen LogP contribution in [0.4, 0.5) is 17.1 Å². The van der Waals surface area contributed by atoms with E-state index in [9.17, 15) is 0 Å². The predicted octanol–water partition coefficient (Wildman–Crippen LogP) is 16.6. The van der Waals surface area contributed by atoms with Gasteiger partial charge in [-0.3, -0.25) is 0 Å². The van der Waals surface area contributed by atoms with Crippen molar-refractivity contribution in [3.63, 3.8) is 0 Å². The molecule has 0 bridgehead atoms. The number of pyridine rings is 1. The van der Waals surface area contributed by atoms with Gasteiger partial charge < -0.3 is 9.64 Å². The molecule has 1 spiro atoms. The molecule has 0 N–H and O–H groups in total. The van der Waals surface area contributed by atoms with Crippen LogP contribution < -0.4 is 19.1 Å². The van der Waals surface area contributed by atoms with E-state index in [-0.39, 0.29) is 33.2 Å². The van der Waals surface area contributed by atoms with E-state index in [0.29, 0.717) is 0 Å². The van der Waals surface area contributed by atoms with Gasteiger partial charge in [0.25, 0.3) is 0 Å². The highest BCUT2D eigenvalue weighted by molar-refractivity contribution is 6.03. The van der Waals surface area contributed by atoms with Crippen molar-refractivity contribution in [3.8, 4) is 50.4 Å². The minimum absolute atomic E-state index is 0.00609. The van der Waals surface area contributed by atoms with Crippen LogP contribution in [-0.4, -0.2) is 0 Å². The molecule has 6 aromatic carbocycles. The first-order valence-corrected chi connectivity index (χ1v) is 25.1. The lowest BCUT2D eigenvalue weighted by atomic mass is 9.77. The van der Waals surface area contributed by atoms with E-state index in [0.717, 1.165) is 12.2 Å². The summed E-state index contributed by atoms with van der Waals surface area (Å²) in [4.78, 5) is 5.38. The Labute approximate surface area is 406 Å². The van der Waals surface area contributed by atoms with Gasteiger partial charge in [-0.2, -0.15) is 0 Å². The zero-order valence-corrected chi connectivity index (χ0v) is 43.2. The molecule has 346 valence electrons. The van der Waals surface area contributed by atoms with Gasteiger partial charge in [-0.05, 0) is 109 Å². The van der Waals surface area contributed by atoms with Crippen LogP contribution in [0.25, 0.3) is 44.6 Å². The monoisotopic (exact) mass is 897 g/mol. The molecule has 7 aromatic rings. The summed E-state index contributed by atoms with van der Waals surface area (Å²) < 4.78 is 10.7. The fraction of sp³-hybridized carbons (Fsp3) is 0.359. The quantitative estimate of drug-likeness (QED) is 0.161. The second-order valence-corrected chi connectivity index (χ2v) is 25.0. The van der Waals surface area contributed by atoms with E-state index in [1.165, 1.54) is 101 Å². The molecule has 4 nitrogen and oxygen atoms in total. The number of hydrogen-bond acceptors (Lipinski definition) is 3. The number of fused-ring (bicyclic) bond motifs is 5. The van der Waals surface area contributed by atoms with Crippen molar-refractivity contribution in [1.29, 1.82) is 0 Å². The molecular weight excluding hydrogens is 827 g/mol. The first-order valence-electron chi connectivity index (χ1n) is 25.1. The van der Waals surface area contributed by atoms with Crippen LogP contribution in [0.5, 0.6) is 5.75 Å². The molecule has 2 unspecified atom stereocenters. The lowest BCUT2D eigenvalue weighted by Crippen LogP contribution is -2.71. The van der Waals surface area contributed by atoms with E-state index in [1.807, 2.05) is 0 Å². The van der Waals surface area contributed by atoms with Gasteiger partial charge >= 0.3 is 5.85 Å². The van der Waals surface area contributed by atoms with Crippen molar-refractivity contribution in [3.05, 3.63) is 173 Å². The third kappa shape index (κ3) is 6.41. The van der Waals surface area contributed by atoms with Crippen molar-refractivity contribution in [2.45, 2.75) is 149 Å². The van der Waals surface area contributed by atoms with Gasteiger partial charge in [0.05, 0.1) is 22.6 Å². The third-order valence-corrected chi connectivity index (χ3v) is 15.9. The lowest BCUT2D eigenvalue weighted by Gasteiger charge is -2.49. The molecule has 0 saturated carbocycles. The maximum atomic E-state index is 8.23. The second kappa shape index (κ2) is 14.5. The van der Waals surface area contributed by atoms with Gasteiger partial charge in [-0.1, -0.05) is 183 Å². The summed E-state index contributed by atoms with van der Waals surface area (Å²) in [5, 5.41) is 0. The van der Waals surface area contributed by atoms with E-state index < -0.39 is 5.85 Å². The first kappa shape index (κ1) is 44.4. The van der Waals surface area contributed by atoms with Crippen molar-refractivity contribution in [2.75, 3.05) is 9.80 Å². The van der Waals surface area contributed by atoms with Gasteiger partial charge in [-0.15, -0.1) is 4.57 Å². The number of hydrogen-bond donors (Lipinski definition) is 0. The number of para-hydroxylation sites is 1. The smallest absolute Gasteiger partial charge is 0.410 e. The van der Waals surface area contributed by atoms with Gasteiger partial charge in [0.15, 0.2) is 6.20 Å². The summed E-state index contributed by atoms with van der Waals surface area (Å²) in [6, 6.07) is 49.3. The molecule has 0 aliphatic carbocycles. The number of nitrogens with zero attached hydrogens (tertiary/aromatic N) is 3. The van der Waals surface area contributed by atoms with Gasteiger partial charge in [-0.25, -0.2) is 4.90 Å². The maximum Gasteiger partial charge on any atom is 0.432 e. The Morgan fingerprint density at radius 1 is 0.515 bits per heavy atom. The Hall–Kier alpha value is -6.13. The van der Waals surface area contributed by atoms with E-state index in [1.54, 1.807) is 0 Å². The fourth-order valence-corrected chi connectivity index (χ4v) is 11.4. The van der Waals surface area contributed by atoms with Crippen molar-refractivity contribution in [1.82, 2.24) is 0 Å². The number of benzene rings is 6. The summed E-state index contributed by atoms with van der Waals surface area (Å²) in [6.45, 7) is 35.1. The number of rotatable bonds is 5. The Morgan fingerprint density at radius 2 is 1.15 bits per heavy atom. The molecule has 1 aromatic heterocycles. The SMILES string of the molecule is CCC(C)(C)c1ccc(N2c3cccc4c3N3C2c2cc(C(C)(C)C)cc(C(C)(C)C)c2OC32c3c-4cc(C(C)(C)C)cc3-c3cc(-c4ccc(C(C)(C)C)cc4)cc[n+]32)c(-c2ccccc2)c1. The number of anilines is 3. The zero-order chi connectivity index (χ0) is 48.2. The first-order chi connectivity index (χ1) is 31.9. The van der Waals surface area contributed by atoms with Crippen molar-refractivity contribution in [2.24, 2.45) is 0 Å². The maximum absolute atomic E-state index is 8.23. The summed E-state index contributed by atoms with van der Waals surface area (Å²) in [6.07, 6.45) is 3.12. The Morgan fingerprint density at radius 3 is 1.79 bits per heavy atom. The van der Waals surface area contributed by atoms with Crippen LogP contribution in [0, 0.1) is 0 Å². The van der Waals surface area contributed by atoms with Crippen molar-refractivity contribution < 1.29 is 9.30 Å². The summed E-state index contributed by atoms with van der Waals surface area (Å²) in [7, 11) is 0. The Kier molecular flexibility index (Phi) is 9.43. The number of aromatic nitrogens is 1. The topological polar surface area (TPSA) is 19.6 Å². The molecule has 68 heavy (non-hydrogen) atoms. The average Bonchev–Trinajstić information content (AvgIpc) is 3.78. The molecule has 0 amide bonds. The largest absolute Gasteiger partial charge is 0.432 e. The zero-order valence-electron chi connectivity index (χ0n) is 43.2. The fourth-order valence-electron chi connectivity index (χ4n) is 11.4. The van der Waals surface area contributed by atoms with Crippen LogP contribution in [-0.2, 0) is 32.9 Å². The van der Waals surface area contributed by atoms with Crippen LogP contribution in [0.3, 0.4) is 0 Å². The molecule has 5 heterocycles. The van der Waals surface area contributed by atoms with Crippen LogP contribution >= 0.6 is 0 Å². The van der Waals surface area contributed by atoms with E-state index in [2.05, 4.69) is 252 Å². The second-order valence-electron chi connectivity index (χ2n) is 25.0. The molecule has 4 aliphatic rings. The number of ether oxygens (including phenoxy) is 1. The van der Waals surface area contributed by atoms with Gasteiger partial charge in [0.2, 0.25) is 5.69 Å². The standard InChI is InChI=1S/C64H70N3O/c1-16-63(14,15)43-29-30-52(47(34-43)40-21-18-17-19-22-40)66-53-24-20-23-46-48-35-44(60(5,6)7)36-49-54-33-41(39-25-27-42(28-26-39)59(2,3)4)31-32-65(54)64(55(48)49)67(56(46)53)58(66)50-37-45(61(8,9)10)38-51(57(50)68-64)62(11,12)13/h17-38,58H,16H2,1-15H3/q+1. The minimum atomic E-state index is -1.04. The molecule has 4 aliphatic heterocycles. The molecule has 0 saturated heterocycles. The predicted molar refractivity (Wildman–Crippen MR) is 284 cm³/mol. The summed E-state index contributed by atoms with van der Waals surface area (Å²) >= 11 is 0. The normalized spacial score (nSPS) is 18.0. The molecule has 4 heteroatoms. The lowest BCUT2D eigenvalue weighted by molar-refractivity contribution is -0.774. The van der Waals surface area contributed by atoms with Crippen molar-refractivity contribution >= 4 is 17.1 Å². The molecular formula is C64H70N3O+. The highest BCUT2D eigenvalue weighted by Gasteiger charge is 2.70. The summed E-state index contributed by atoms with van der Waals surface area (Å²) in [5.74, 6) is -0.0575. The summed E-state index contributed by atoms with van der Waals surface area (Å²) in [5.41, 5.74) is 22.0. The van der Waals surface area contributed by atoms with Crippen LogP contribution in [0.1, 0.15) is 155 Å². The molecule has 2 atom stereocenters. The highest BCUT2D eigenvalue weighted by atomic mass is 16.5. The van der Waals surface area contributed by atoms with E-state index in [4.69, 9.17) is 4.74 Å². The van der Waals surface area contributed by atoms with E-state index >= 15 is 0 Å². The minimum Gasteiger partial charge on any atom is -0.410 e. The average molecular weight is 897 g/mol. The Balaban J connectivity index is 1.27. The van der Waals surface area contributed by atoms with Gasteiger partial charge in [0.1, 0.15) is 17.5 Å². The highest BCUT2D eigenvalue weighted by Crippen LogP contribution is 2.68. The molecule has 0 fully saturated rings.